The number of fused-ring (bicyclic) bond motifs is 1. The Balaban J connectivity index is 1.75. The number of aliphatic hydroxyl groups excluding tert-OH is 4. The smallest absolute Gasteiger partial charge is 0.229 e. The van der Waals surface area contributed by atoms with Gasteiger partial charge in [0.05, 0.1) is 13.7 Å². The molecule has 0 spiro atoms. The van der Waals surface area contributed by atoms with Crippen LogP contribution in [-0.4, -0.2) is 75.1 Å². The fourth-order valence-corrected chi connectivity index (χ4v) is 3.58. The van der Waals surface area contributed by atoms with Crippen LogP contribution in [0.4, 0.5) is 0 Å². The summed E-state index contributed by atoms with van der Waals surface area (Å²) in [6.45, 7) is -0.621. The van der Waals surface area contributed by atoms with E-state index < -0.39 is 48.5 Å². The number of benzene rings is 2. The first kappa shape index (κ1) is 22.8. The minimum atomic E-state index is -1.64. The Morgan fingerprint density at radius 3 is 2.39 bits per heavy atom. The molecule has 33 heavy (non-hydrogen) atoms. The van der Waals surface area contributed by atoms with Gasteiger partial charge in [0.1, 0.15) is 52.6 Å². The molecular weight excluding hydrogens is 440 g/mol. The van der Waals surface area contributed by atoms with E-state index in [0.29, 0.717) is 5.56 Å². The van der Waals surface area contributed by atoms with E-state index in [2.05, 4.69) is 0 Å². The first-order valence-corrected chi connectivity index (χ1v) is 9.89. The van der Waals surface area contributed by atoms with E-state index in [-0.39, 0.29) is 34.0 Å². The third kappa shape index (κ3) is 4.19. The predicted molar refractivity (Wildman–Crippen MR) is 112 cm³/mol. The summed E-state index contributed by atoms with van der Waals surface area (Å²) in [5.41, 5.74) is -0.0809. The van der Waals surface area contributed by atoms with Crippen LogP contribution < -0.4 is 14.9 Å². The first-order chi connectivity index (χ1) is 15.7. The Kier molecular flexibility index (Phi) is 6.15. The molecule has 6 N–H and O–H groups in total. The Morgan fingerprint density at radius 2 is 1.73 bits per heavy atom. The number of phenols is 2. The molecular formula is C22H22O11. The Hall–Kier alpha value is -3.35. The van der Waals surface area contributed by atoms with Gasteiger partial charge in [0.25, 0.3) is 0 Å². The molecule has 0 unspecified atom stereocenters. The summed E-state index contributed by atoms with van der Waals surface area (Å²) in [7, 11) is 1.33. The molecule has 0 aliphatic carbocycles. The van der Waals surface area contributed by atoms with Crippen LogP contribution >= 0.6 is 0 Å². The van der Waals surface area contributed by atoms with E-state index in [0.717, 1.165) is 0 Å². The monoisotopic (exact) mass is 462 g/mol. The van der Waals surface area contributed by atoms with Gasteiger partial charge >= 0.3 is 0 Å². The number of rotatable bonds is 5. The van der Waals surface area contributed by atoms with E-state index in [1.165, 1.54) is 43.5 Å². The number of aliphatic hydroxyl groups is 4. The summed E-state index contributed by atoms with van der Waals surface area (Å²) in [4.78, 5) is 12.8. The molecule has 3 aromatic rings. The average Bonchev–Trinajstić information content (AvgIpc) is 2.80. The molecule has 1 aromatic heterocycles. The molecule has 1 saturated heterocycles. The zero-order valence-corrected chi connectivity index (χ0v) is 17.3. The van der Waals surface area contributed by atoms with Crippen LogP contribution in [0.3, 0.4) is 0 Å². The SMILES string of the molecule is COc1cc(O[C@@H]2O[C@H](CO)[C@@H](O)[C@H](O)[C@H]2O)cc2oc(-c3ccc(O)c(O)c3)cc(=O)c12. The highest BCUT2D eigenvalue weighted by Gasteiger charge is 2.44. The van der Waals surface area contributed by atoms with Crippen molar-refractivity contribution in [1.29, 1.82) is 0 Å². The molecule has 0 radical (unpaired) electrons. The van der Waals surface area contributed by atoms with Crippen molar-refractivity contribution < 1.29 is 49.3 Å². The lowest BCUT2D eigenvalue weighted by atomic mass is 9.99. The quantitative estimate of drug-likeness (QED) is 0.282. The summed E-state index contributed by atoms with van der Waals surface area (Å²) in [5.74, 6) is -0.500. The molecule has 1 aliphatic rings. The number of aromatic hydroxyl groups is 2. The van der Waals surface area contributed by atoms with Gasteiger partial charge < -0.3 is 49.3 Å². The van der Waals surface area contributed by atoms with Crippen molar-refractivity contribution in [2.45, 2.75) is 30.7 Å². The minimum absolute atomic E-state index is 0.0394. The number of methoxy groups -OCH3 is 1. The van der Waals surface area contributed by atoms with Crippen molar-refractivity contribution in [2.75, 3.05) is 13.7 Å². The third-order valence-electron chi connectivity index (χ3n) is 5.35. The van der Waals surface area contributed by atoms with Crippen LogP contribution in [0.25, 0.3) is 22.3 Å². The van der Waals surface area contributed by atoms with Gasteiger partial charge in [0, 0.05) is 23.8 Å². The fourth-order valence-electron chi connectivity index (χ4n) is 3.58. The van der Waals surface area contributed by atoms with Crippen LogP contribution in [0.15, 0.2) is 45.6 Å². The second-order valence-corrected chi connectivity index (χ2v) is 7.49. The largest absolute Gasteiger partial charge is 0.504 e. The molecule has 1 aliphatic heterocycles. The third-order valence-corrected chi connectivity index (χ3v) is 5.35. The molecule has 2 heterocycles. The number of hydrogen-bond donors (Lipinski definition) is 6. The van der Waals surface area contributed by atoms with Crippen LogP contribution in [-0.2, 0) is 4.74 Å². The van der Waals surface area contributed by atoms with Crippen LogP contribution in [0, 0.1) is 0 Å². The van der Waals surface area contributed by atoms with Gasteiger partial charge in [-0.3, -0.25) is 4.79 Å². The molecule has 2 aromatic carbocycles. The maximum atomic E-state index is 12.8. The van der Waals surface area contributed by atoms with Gasteiger partial charge in [-0.25, -0.2) is 0 Å². The normalized spacial score (nSPS) is 25.2. The maximum Gasteiger partial charge on any atom is 0.229 e. The molecule has 5 atom stereocenters. The second kappa shape index (κ2) is 8.89. The summed E-state index contributed by atoms with van der Waals surface area (Å²) >= 11 is 0. The molecule has 176 valence electrons. The maximum absolute atomic E-state index is 12.8. The van der Waals surface area contributed by atoms with Gasteiger partial charge in [-0.2, -0.15) is 0 Å². The zero-order chi connectivity index (χ0) is 23.9. The molecule has 1 fully saturated rings. The first-order valence-electron chi connectivity index (χ1n) is 9.89. The standard InChI is InChI=1S/C22H22O11/c1-30-15-5-10(31-22-21(29)20(28)19(27)17(8-23)33-22)6-16-18(15)13(26)7-14(32-16)9-2-3-11(24)12(25)4-9/h2-7,17,19-25,27-29H,8H2,1H3/t17-,19-,20+,21-,22-/m1/s1. The molecule has 0 amide bonds. The van der Waals surface area contributed by atoms with Crippen molar-refractivity contribution in [2.24, 2.45) is 0 Å². The average molecular weight is 462 g/mol. The number of ether oxygens (including phenoxy) is 3. The Bertz CT molecular complexity index is 1220. The topological polar surface area (TPSA) is 179 Å². The van der Waals surface area contributed by atoms with Crippen molar-refractivity contribution in [3.63, 3.8) is 0 Å². The van der Waals surface area contributed by atoms with Crippen molar-refractivity contribution in [3.8, 4) is 34.3 Å². The lowest BCUT2D eigenvalue weighted by molar-refractivity contribution is -0.277. The number of hydrogen-bond acceptors (Lipinski definition) is 11. The van der Waals surface area contributed by atoms with E-state index in [1.807, 2.05) is 0 Å². The zero-order valence-electron chi connectivity index (χ0n) is 17.3. The summed E-state index contributed by atoms with van der Waals surface area (Å²) in [6, 6.07) is 7.82. The van der Waals surface area contributed by atoms with Gasteiger partial charge in [0.15, 0.2) is 16.9 Å². The highest BCUT2D eigenvalue weighted by atomic mass is 16.7. The number of phenolic OH excluding ortho intramolecular Hbond substituents is 2. The van der Waals surface area contributed by atoms with Crippen molar-refractivity contribution in [1.82, 2.24) is 0 Å². The molecule has 0 saturated carbocycles. The van der Waals surface area contributed by atoms with Gasteiger partial charge in [-0.1, -0.05) is 0 Å². The van der Waals surface area contributed by atoms with Crippen molar-refractivity contribution in [3.05, 3.63) is 46.6 Å². The Labute approximate surface area is 186 Å². The molecule has 11 heteroatoms. The van der Waals surface area contributed by atoms with Gasteiger partial charge in [-0.15, -0.1) is 0 Å². The lowest BCUT2D eigenvalue weighted by Gasteiger charge is -2.39. The van der Waals surface area contributed by atoms with E-state index in [1.54, 1.807) is 0 Å². The van der Waals surface area contributed by atoms with Crippen molar-refractivity contribution >= 4 is 11.0 Å². The van der Waals surface area contributed by atoms with Crippen LogP contribution in [0.1, 0.15) is 0 Å². The molecule has 0 bridgehead atoms. The summed E-state index contributed by atoms with van der Waals surface area (Å²) < 4.78 is 22.1. The van der Waals surface area contributed by atoms with E-state index in [4.69, 9.17) is 18.6 Å². The Morgan fingerprint density at radius 1 is 0.970 bits per heavy atom. The molecule has 4 rings (SSSR count). The summed E-state index contributed by atoms with van der Waals surface area (Å²) in [5, 5.41) is 58.8. The van der Waals surface area contributed by atoms with E-state index in [9.17, 15) is 35.4 Å². The summed E-state index contributed by atoms with van der Waals surface area (Å²) in [6.07, 6.45) is -7.43. The van der Waals surface area contributed by atoms with Crippen LogP contribution in [0.2, 0.25) is 0 Å². The minimum Gasteiger partial charge on any atom is -0.504 e. The van der Waals surface area contributed by atoms with Crippen LogP contribution in [0.5, 0.6) is 23.0 Å². The van der Waals surface area contributed by atoms with Gasteiger partial charge in [-0.05, 0) is 18.2 Å². The lowest BCUT2D eigenvalue weighted by Crippen LogP contribution is -2.60. The highest BCUT2D eigenvalue weighted by molar-refractivity contribution is 5.86. The van der Waals surface area contributed by atoms with E-state index >= 15 is 0 Å². The fraction of sp³-hybridized carbons (Fsp3) is 0.318. The predicted octanol–water partition coefficient (Wildman–Crippen LogP) is 0.0585. The highest BCUT2D eigenvalue weighted by Crippen LogP contribution is 2.35. The second-order valence-electron chi connectivity index (χ2n) is 7.49. The van der Waals surface area contributed by atoms with Gasteiger partial charge in [0.2, 0.25) is 6.29 Å². The molecule has 11 nitrogen and oxygen atoms in total.